The largest absolute Gasteiger partial charge is 0.470 e. The standard InChI is InChI=1S/C10H11NO/c1-10(11-7-8-12-10)9-5-3-2-4-6-9/h2-8,11H,1H3. The third kappa shape index (κ3) is 1.05. The highest BCUT2D eigenvalue weighted by Gasteiger charge is 2.28. The van der Waals surface area contributed by atoms with E-state index in [1.807, 2.05) is 43.5 Å². The molecule has 1 unspecified atom stereocenters. The van der Waals surface area contributed by atoms with Crippen LogP contribution in [0.1, 0.15) is 12.5 Å². The Morgan fingerprint density at radius 3 is 2.58 bits per heavy atom. The molecule has 1 aromatic rings. The van der Waals surface area contributed by atoms with Gasteiger partial charge in [0, 0.05) is 11.8 Å². The van der Waals surface area contributed by atoms with Gasteiger partial charge in [0.25, 0.3) is 0 Å². The fraction of sp³-hybridized carbons (Fsp3) is 0.200. The average Bonchev–Trinajstić information content (AvgIpc) is 2.55. The Morgan fingerprint density at radius 2 is 2.00 bits per heavy atom. The van der Waals surface area contributed by atoms with Crippen LogP contribution in [0.5, 0.6) is 0 Å². The molecule has 1 aliphatic heterocycles. The molecule has 0 aromatic heterocycles. The lowest BCUT2D eigenvalue weighted by molar-refractivity contribution is 0.0401. The number of ether oxygens (including phenoxy) is 1. The van der Waals surface area contributed by atoms with Crippen molar-refractivity contribution in [3.8, 4) is 0 Å². The van der Waals surface area contributed by atoms with Gasteiger partial charge in [-0.3, -0.25) is 0 Å². The van der Waals surface area contributed by atoms with Crippen LogP contribution in [0.25, 0.3) is 0 Å². The molecule has 0 spiro atoms. The van der Waals surface area contributed by atoms with E-state index in [1.54, 1.807) is 6.26 Å². The average molecular weight is 161 g/mol. The summed E-state index contributed by atoms with van der Waals surface area (Å²) in [6.45, 7) is 2.00. The summed E-state index contributed by atoms with van der Waals surface area (Å²) in [7, 11) is 0. The summed E-state index contributed by atoms with van der Waals surface area (Å²) in [6.07, 6.45) is 3.49. The van der Waals surface area contributed by atoms with Crippen molar-refractivity contribution < 1.29 is 4.74 Å². The Morgan fingerprint density at radius 1 is 1.25 bits per heavy atom. The Kier molecular flexibility index (Phi) is 1.54. The molecule has 2 rings (SSSR count). The molecule has 12 heavy (non-hydrogen) atoms. The zero-order chi connectivity index (χ0) is 8.44. The first kappa shape index (κ1) is 7.22. The van der Waals surface area contributed by atoms with Crippen LogP contribution in [0, 0.1) is 0 Å². The second-order valence-corrected chi connectivity index (χ2v) is 2.96. The van der Waals surface area contributed by atoms with Crippen molar-refractivity contribution >= 4 is 0 Å². The highest BCUT2D eigenvalue weighted by Crippen LogP contribution is 2.25. The lowest BCUT2D eigenvalue weighted by Crippen LogP contribution is -2.33. The Labute approximate surface area is 71.9 Å². The minimum absolute atomic E-state index is 0.374. The number of rotatable bonds is 1. The summed E-state index contributed by atoms with van der Waals surface area (Å²) < 4.78 is 5.43. The van der Waals surface area contributed by atoms with E-state index in [0.717, 1.165) is 5.56 Å². The van der Waals surface area contributed by atoms with Gasteiger partial charge in [-0.1, -0.05) is 30.3 Å². The van der Waals surface area contributed by atoms with Gasteiger partial charge in [-0.2, -0.15) is 0 Å². The highest BCUT2D eigenvalue weighted by atomic mass is 16.5. The molecule has 1 atom stereocenters. The molecule has 1 aliphatic rings. The number of hydrogen-bond donors (Lipinski definition) is 1. The second-order valence-electron chi connectivity index (χ2n) is 2.96. The summed E-state index contributed by atoms with van der Waals surface area (Å²) >= 11 is 0. The van der Waals surface area contributed by atoms with Gasteiger partial charge in [0.15, 0.2) is 0 Å². The molecule has 2 nitrogen and oxygen atoms in total. The lowest BCUT2D eigenvalue weighted by Gasteiger charge is -2.24. The third-order valence-corrected chi connectivity index (χ3v) is 2.06. The maximum Gasteiger partial charge on any atom is 0.203 e. The smallest absolute Gasteiger partial charge is 0.203 e. The summed E-state index contributed by atoms with van der Waals surface area (Å²) in [5.41, 5.74) is 0.761. The van der Waals surface area contributed by atoms with Crippen molar-refractivity contribution in [3.63, 3.8) is 0 Å². The van der Waals surface area contributed by atoms with Crippen LogP contribution < -0.4 is 5.32 Å². The maximum absolute atomic E-state index is 5.43. The predicted octanol–water partition coefficient (Wildman–Crippen LogP) is 1.95. The van der Waals surface area contributed by atoms with Gasteiger partial charge < -0.3 is 10.1 Å². The van der Waals surface area contributed by atoms with E-state index in [-0.39, 0.29) is 5.72 Å². The van der Waals surface area contributed by atoms with E-state index < -0.39 is 0 Å². The summed E-state index contributed by atoms with van der Waals surface area (Å²) in [4.78, 5) is 0. The maximum atomic E-state index is 5.43. The molecule has 2 heteroatoms. The Balaban J connectivity index is 2.31. The van der Waals surface area contributed by atoms with Crippen LogP contribution in [-0.2, 0) is 10.5 Å². The van der Waals surface area contributed by atoms with Crippen LogP contribution in [-0.4, -0.2) is 0 Å². The fourth-order valence-corrected chi connectivity index (χ4v) is 1.30. The van der Waals surface area contributed by atoms with Crippen molar-refractivity contribution in [1.29, 1.82) is 0 Å². The van der Waals surface area contributed by atoms with E-state index in [1.165, 1.54) is 0 Å². The van der Waals surface area contributed by atoms with Gasteiger partial charge in [-0.15, -0.1) is 0 Å². The number of benzene rings is 1. The minimum Gasteiger partial charge on any atom is -0.470 e. The molecule has 0 radical (unpaired) electrons. The monoisotopic (exact) mass is 161 g/mol. The lowest BCUT2D eigenvalue weighted by atomic mass is 10.1. The van der Waals surface area contributed by atoms with Crippen molar-refractivity contribution in [3.05, 3.63) is 48.4 Å². The molecule has 1 heterocycles. The van der Waals surface area contributed by atoms with Gasteiger partial charge >= 0.3 is 0 Å². The molecular formula is C10H11NO. The van der Waals surface area contributed by atoms with Crippen LogP contribution in [0.2, 0.25) is 0 Å². The van der Waals surface area contributed by atoms with Crippen LogP contribution in [0.4, 0.5) is 0 Å². The minimum atomic E-state index is -0.374. The van der Waals surface area contributed by atoms with Gasteiger partial charge in [0.1, 0.15) is 6.26 Å². The summed E-state index contributed by atoms with van der Waals surface area (Å²) in [6, 6.07) is 10.1. The second kappa shape index (κ2) is 2.55. The third-order valence-electron chi connectivity index (χ3n) is 2.06. The van der Waals surface area contributed by atoms with E-state index in [2.05, 4.69) is 5.32 Å². The Hall–Kier alpha value is -1.44. The van der Waals surface area contributed by atoms with Gasteiger partial charge in [0.05, 0.1) is 0 Å². The normalized spacial score (nSPS) is 26.4. The van der Waals surface area contributed by atoms with Crippen LogP contribution in [0.15, 0.2) is 42.8 Å². The van der Waals surface area contributed by atoms with Crippen molar-refractivity contribution in [2.24, 2.45) is 0 Å². The van der Waals surface area contributed by atoms with Crippen LogP contribution >= 0.6 is 0 Å². The molecule has 0 saturated heterocycles. The first-order chi connectivity index (χ1) is 5.81. The Bertz CT molecular complexity index is 284. The molecule has 0 fully saturated rings. The fourth-order valence-electron chi connectivity index (χ4n) is 1.30. The summed E-state index contributed by atoms with van der Waals surface area (Å²) in [5.74, 6) is 0. The molecule has 1 N–H and O–H groups in total. The van der Waals surface area contributed by atoms with Gasteiger partial charge in [0.2, 0.25) is 5.72 Å². The molecule has 1 aromatic carbocycles. The molecule has 62 valence electrons. The number of hydrogen-bond acceptors (Lipinski definition) is 2. The van der Waals surface area contributed by atoms with E-state index >= 15 is 0 Å². The molecule has 0 saturated carbocycles. The SMILES string of the molecule is CC1(c2ccccc2)NC=CO1. The van der Waals surface area contributed by atoms with Gasteiger partial charge in [-0.05, 0) is 6.92 Å². The zero-order valence-electron chi connectivity index (χ0n) is 6.95. The highest BCUT2D eigenvalue weighted by molar-refractivity contribution is 5.23. The van der Waals surface area contributed by atoms with Crippen molar-refractivity contribution in [1.82, 2.24) is 5.32 Å². The quantitative estimate of drug-likeness (QED) is 0.679. The van der Waals surface area contributed by atoms with E-state index in [4.69, 9.17) is 4.74 Å². The molecule has 0 amide bonds. The first-order valence-electron chi connectivity index (χ1n) is 3.97. The first-order valence-corrected chi connectivity index (χ1v) is 3.97. The summed E-state index contributed by atoms with van der Waals surface area (Å²) in [5, 5.41) is 3.15. The van der Waals surface area contributed by atoms with Gasteiger partial charge in [-0.25, -0.2) is 0 Å². The van der Waals surface area contributed by atoms with E-state index in [9.17, 15) is 0 Å². The van der Waals surface area contributed by atoms with E-state index in [0.29, 0.717) is 0 Å². The van der Waals surface area contributed by atoms with Crippen LogP contribution in [0.3, 0.4) is 0 Å². The van der Waals surface area contributed by atoms with Crippen molar-refractivity contribution in [2.45, 2.75) is 12.6 Å². The molecule has 0 bridgehead atoms. The number of nitrogens with one attached hydrogen (secondary N) is 1. The van der Waals surface area contributed by atoms with Crippen molar-refractivity contribution in [2.75, 3.05) is 0 Å². The predicted molar refractivity (Wildman–Crippen MR) is 47.2 cm³/mol. The zero-order valence-corrected chi connectivity index (χ0v) is 6.95. The topological polar surface area (TPSA) is 21.3 Å². The molecular weight excluding hydrogens is 150 g/mol. The molecule has 0 aliphatic carbocycles.